The summed E-state index contributed by atoms with van der Waals surface area (Å²) in [4.78, 5) is 40.4. The van der Waals surface area contributed by atoms with E-state index in [1.165, 1.54) is 25.6 Å². The molecule has 0 radical (unpaired) electrons. The number of benzene rings is 1. The number of ether oxygens (including phenoxy) is 5. The number of rotatable bonds is 13. The van der Waals surface area contributed by atoms with Crippen LogP contribution in [0.1, 0.15) is 64.5 Å². The monoisotopic (exact) mass is 630 g/mol. The number of carbonyl (C=O) groups is 2. The van der Waals surface area contributed by atoms with Crippen LogP contribution >= 0.6 is 11.3 Å². The topological polar surface area (TPSA) is 146 Å². The second-order valence-corrected chi connectivity index (χ2v) is 12.1. The standard InChI is InChI=1S/C30H42N6O7S/c1-17(2)36(29(38)43-30(6,7)8)14-13-31-27-34-25(39-9)23(26(35-27)40-10)33-24(37)21-16-44-28(32-21)42-22-15-20(41-18(3)4)12-11-19(22)5/h11-12,15-18H,13-14H2,1-10H3,(H,33,37)(H,31,34,35). The molecule has 44 heavy (non-hydrogen) atoms. The fourth-order valence-corrected chi connectivity index (χ4v) is 4.45. The minimum Gasteiger partial charge on any atom is -0.491 e. The highest BCUT2D eigenvalue weighted by molar-refractivity contribution is 7.11. The van der Waals surface area contributed by atoms with Crippen molar-refractivity contribution >= 4 is 35.0 Å². The number of aryl methyl sites for hydroxylation is 1. The van der Waals surface area contributed by atoms with Crippen molar-refractivity contribution in [3.63, 3.8) is 0 Å². The smallest absolute Gasteiger partial charge is 0.410 e. The van der Waals surface area contributed by atoms with Crippen LogP contribution in [-0.4, -0.2) is 76.9 Å². The highest BCUT2D eigenvalue weighted by Gasteiger charge is 2.25. The highest BCUT2D eigenvalue weighted by Crippen LogP contribution is 2.34. The Bertz CT molecular complexity index is 1410. The number of nitrogens with one attached hydrogen (secondary N) is 2. The number of thiazole rings is 1. The summed E-state index contributed by atoms with van der Waals surface area (Å²) < 4.78 is 28.1. The average molecular weight is 631 g/mol. The third kappa shape index (κ3) is 9.59. The van der Waals surface area contributed by atoms with Crippen LogP contribution in [0, 0.1) is 6.92 Å². The molecule has 0 bridgehead atoms. The third-order valence-electron chi connectivity index (χ3n) is 5.80. The molecule has 2 N–H and O–H groups in total. The number of carbonyl (C=O) groups excluding carboxylic acids is 2. The molecular weight excluding hydrogens is 588 g/mol. The maximum Gasteiger partial charge on any atom is 0.410 e. The summed E-state index contributed by atoms with van der Waals surface area (Å²) >= 11 is 1.18. The van der Waals surface area contributed by atoms with Gasteiger partial charge in [-0.3, -0.25) is 4.79 Å². The van der Waals surface area contributed by atoms with Crippen molar-refractivity contribution in [3.8, 4) is 28.5 Å². The van der Waals surface area contributed by atoms with E-state index >= 15 is 0 Å². The lowest BCUT2D eigenvalue weighted by molar-refractivity contribution is 0.0200. The van der Waals surface area contributed by atoms with Gasteiger partial charge in [0.1, 0.15) is 22.8 Å². The van der Waals surface area contributed by atoms with Gasteiger partial charge in [-0.25, -0.2) is 4.79 Å². The van der Waals surface area contributed by atoms with Gasteiger partial charge in [0.05, 0.1) is 20.3 Å². The van der Waals surface area contributed by atoms with Crippen molar-refractivity contribution in [2.75, 3.05) is 37.9 Å². The van der Waals surface area contributed by atoms with Crippen molar-refractivity contribution < 1.29 is 33.3 Å². The Morgan fingerprint density at radius 2 is 1.68 bits per heavy atom. The molecule has 2 amide bonds. The van der Waals surface area contributed by atoms with Gasteiger partial charge in [0.25, 0.3) is 11.1 Å². The Hall–Kier alpha value is -4.33. The summed E-state index contributed by atoms with van der Waals surface area (Å²) in [7, 11) is 2.83. The van der Waals surface area contributed by atoms with E-state index in [0.717, 1.165) is 5.56 Å². The second kappa shape index (κ2) is 14.9. The van der Waals surface area contributed by atoms with Crippen LogP contribution in [0.25, 0.3) is 0 Å². The Labute approximate surface area is 262 Å². The molecule has 0 aliphatic carbocycles. The van der Waals surface area contributed by atoms with Crippen molar-refractivity contribution in [2.24, 2.45) is 0 Å². The molecular formula is C30H42N6O7S. The van der Waals surface area contributed by atoms with Crippen LogP contribution in [-0.2, 0) is 4.74 Å². The molecule has 2 aromatic heterocycles. The minimum atomic E-state index is -0.609. The van der Waals surface area contributed by atoms with E-state index < -0.39 is 17.6 Å². The predicted octanol–water partition coefficient (Wildman–Crippen LogP) is 6.15. The van der Waals surface area contributed by atoms with Crippen LogP contribution in [0.15, 0.2) is 23.6 Å². The molecule has 0 spiro atoms. The Kier molecular flexibility index (Phi) is 11.6. The first-order chi connectivity index (χ1) is 20.7. The summed E-state index contributed by atoms with van der Waals surface area (Å²) in [5, 5.41) is 7.67. The lowest BCUT2D eigenvalue weighted by atomic mass is 10.2. The Morgan fingerprint density at radius 3 is 2.25 bits per heavy atom. The van der Waals surface area contributed by atoms with Crippen molar-refractivity contribution in [1.82, 2.24) is 19.9 Å². The lowest BCUT2D eigenvalue weighted by Crippen LogP contribution is -2.43. The number of hydrogen-bond donors (Lipinski definition) is 2. The average Bonchev–Trinajstić information content (AvgIpc) is 3.40. The van der Waals surface area contributed by atoms with Gasteiger partial charge in [-0.1, -0.05) is 17.4 Å². The molecule has 1 aromatic carbocycles. The molecule has 0 fully saturated rings. The number of amides is 2. The van der Waals surface area contributed by atoms with E-state index in [-0.39, 0.29) is 46.4 Å². The number of hydrogen-bond acceptors (Lipinski definition) is 12. The molecule has 0 saturated heterocycles. The molecule has 240 valence electrons. The Balaban J connectivity index is 1.70. The summed E-state index contributed by atoms with van der Waals surface area (Å²) in [5.41, 5.74) is 0.541. The van der Waals surface area contributed by atoms with E-state index in [2.05, 4.69) is 25.6 Å². The number of anilines is 2. The van der Waals surface area contributed by atoms with Gasteiger partial charge in [-0.15, -0.1) is 0 Å². The third-order valence-corrected chi connectivity index (χ3v) is 6.52. The van der Waals surface area contributed by atoms with E-state index in [1.54, 1.807) is 16.3 Å². The molecule has 0 aliphatic heterocycles. The fourth-order valence-electron chi connectivity index (χ4n) is 3.79. The van der Waals surface area contributed by atoms with Crippen LogP contribution in [0.2, 0.25) is 0 Å². The molecule has 2 heterocycles. The maximum atomic E-state index is 13.1. The maximum absolute atomic E-state index is 13.1. The van der Waals surface area contributed by atoms with Crippen molar-refractivity contribution in [2.45, 2.75) is 73.1 Å². The van der Waals surface area contributed by atoms with Gasteiger partial charge in [-0.05, 0) is 67.0 Å². The zero-order chi connectivity index (χ0) is 32.6. The Morgan fingerprint density at radius 1 is 1.02 bits per heavy atom. The molecule has 0 saturated carbocycles. The summed E-state index contributed by atoms with van der Waals surface area (Å²) in [6.45, 7) is 15.7. The first kappa shape index (κ1) is 34.2. The zero-order valence-corrected chi connectivity index (χ0v) is 27.7. The zero-order valence-electron chi connectivity index (χ0n) is 26.9. The summed E-state index contributed by atoms with van der Waals surface area (Å²) in [5.74, 6) is 1.05. The van der Waals surface area contributed by atoms with E-state index in [4.69, 9.17) is 23.7 Å². The first-order valence-electron chi connectivity index (χ1n) is 14.2. The van der Waals surface area contributed by atoms with Crippen molar-refractivity contribution in [1.29, 1.82) is 0 Å². The number of methoxy groups -OCH3 is 2. The summed E-state index contributed by atoms with van der Waals surface area (Å²) in [6, 6.07) is 5.47. The van der Waals surface area contributed by atoms with Gasteiger partial charge in [0.2, 0.25) is 17.7 Å². The van der Waals surface area contributed by atoms with Gasteiger partial charge in [0, 0.05) is 30.6 Å². The molecule has 0 atom stereocenters. The summed E-state index contributed by atoms with van der Waals surface area (Å²) in [6.07, 6.45) is -0.397. The molecule has 3 rings (SSSR count). The van der Waals surface area contributed by atoms with E-state index in [9.17, 15) is 9.59 Å². The van der Waals surface area contributed by atoms with E-state index in [0.29, 0.717) is 24.6 Å². The largest absolute Gasteiger partial charge is 0.491 e. The number of aromatic nitrogens is 3. The molecule has 14 heteroatoms. The number of nitrogens with zero attached hydrogens (tertiary/aromatic N) is 4. The molecule has 13 nitrogen and oxygen atoms in total. The second-order valence-electron chi connectivity index (χ2n) is 11.3. The van der Waals surface area contributed by atoms with Gasteiger partial charge < -0.3 is 39.2 Å². The van der Waals surface area contributed by atoms with Gasteiger partial charge in [-0.2, -0.15) is 15.0 Å². The first-order valence-corrected chi connectivity index (χ1v) is 15.0. The predicted molar refractivity (Wildman–Crippen MR) is 169 cm³/mol. The molecule has 3 aromatic rings. The van der Waals surface area contributed by atoms with Crippen molar-refractivity contribution in [3.05, 3.63) is 34.8 Å². The van der Waals surface area contributed by atoms with Gasteiger partial charge in [0.15, 0.2) is 5.69 Å². The van der Waals surface area contributed by atoms with Crippen LogP contribution < -0.4 is 29.6 Å². The van der Waals surface area contributed by atoms with E-state index in [1.807, 2.05) is 67.5 Å². The highest BCUT2D eigenvalue weighted by atomic mass is 32.1. The fraction of sp³-hybridized carbons (Fsp3) is 0.500. The normalized spacial score (nSPS) is 11.3. The van der Waals surface area contributed by atoms with Crippen LogP contribution in [0.5, 0.6) is 28.5 Å². The molecule has 0 unspecified atom stereocenters. The van der Waals surface area contributed by atoms with Crippen LogP contribution in [0.3, 0.4) is 0 Å². The minimum absolute atomic E-state index is 0.0166. The SMILES string of the molecule is COc1nc(NCCN(C(=O)OC(C)(C)C)C(C)C)nc(OC)c1NC(=O)c1csc(Oc2cc(OC(C)C)ccc2C)n1. The van der Waals surface area contributed by atoms with Gasteiger partial charge >= 0.3 is 6.09 Å². The quantitative estimate of drug-likeness (QED) is 0.224. The lowest BCUT2D eigenvalue weighted by Gasteiger charge is -2.30. The molecule has 0 aliphatic rings. The van der Waals surface area contributed by atoms with Crippen LogP contribution in [0.4, 0.5) is 16.4 Å².